The Bertz CT molecular complexity index is 614. The van der Waals surface area contributed by atoms with Crippen LogP contribution >= 0.6 is 0 Å². The van der Waals surface area contributed by atoms with Gasteiger partial charge in [-0.05, 0) is 12.1 Å². The van der Waals surface area contributed by atoms with Crippen molar-refractivity contribution < 1.29 is 9.50 Å². The Morgan fingerprint density at radius 3 is 2.64 bits per heavy atom. The van der Waals surface area contributed by atoms with Crippen LogP contribution in [0.15, 0.2) is 21.7 Å². The first-order valence-electron chi connectivity index (χ1n) is 3.73. The molecule has 0 radical (unpaired) electrons. The molecule has 0 fully saturated rings. The summed E-state index contributed by atoms with van der Waals surface area (Å²) in [5.74, 6) is -1.67. The smallest absolute Gasteiger partial charge is 0.326 e. The van der Waals surface area contributed by atoms with Crippen LogP contribution in [0.2, 0.25) is 0 Å². The summed E-state index contributed by atoms with van der Waals surface area (Å²) < 4.78 is 12.8. The zero-order chi connectivity index (χ0) is 10.3. The molecule has 0 aliphatic rings. The lowest BCUT2D eigenvalue weighted by atomic mass is 10.2. The maximum Gasteiger partial charge on any atom is 0.326 e. The van der Waals surface area contributed by atoms with E-state index in [2.05, 4.69) is 4.98 Å². The third-order valence-corrected chi connectivity index (χ3v) is 1.83. The molecule has 1 heterocycles. The number of phenols is 1. The van der Waals surface area contributed by atoms with Crippen molar-refractivity contribution >= 4 is 10.9 Å². The van der Waals surface area contributed by atoms with Gasteiger partial charge in [0.25, 0.3) is 5.56 Å². The minimum absolute atomic E-state index is 0.0950. The Morgan fingerprint density at radius 2 is 1.93 bits per heavy atom. The summed E-state index contributed by atoms with van der Waals surface area (Å²) in [4.78, 5) is 26.1. The van der Waals surface area contributed by atoms with Gasteiger partial charge in [0.2, 0.25) is 0 Å². The molecule has 1 aromatic heterocycles. The third-order valence-electron chi connectivity index (χ3n) is 1.83. The maximum absolute atomic E-state index is 12.8. The van der Waals surface area contributed by atoms with Crippen molar-refractivity contribution in [1.29, 1.82) is 0 Å². The molecule has 3 N–H and O–H groups in total. The molecule has 0 amide bonds. The Labute approximate surface area is 75.8 Å². The molecule has 1 aromatic carbocycles. The summed E-state index contributed by atoms with van der Waals surface area (Å²) >= 11 is 0. The zero-order valence-corrected chi connectivity index (χ0v) is 6.80. The number of phenolic OH excluding ortho intramolecular Hbond substituents is 1. The maximum atomic E-state index is 12.8. The minimum Gasteiger partial charge on any atom is -0.504 e. The Balaban J connectivity index is 3.11. The summed E-state index contributed by atoms with van der Waals surface area (Å²) in [6.07, 6.45) is 0. The normalized spacial score (nSPS) is 10.6. The highest BCUT2D eigenvalue weighted by Crippen LogP contribution is 2.21. The second-order valence-corrected chi connectivity index (χ2v) is 2.73. The highest BCUT2D eigenvalue weighted by molar-refractivity contribution is 5.83. The van der Waals surface area contributed by atoms with Crippen LogP contribution in [0, 0.1) is 5.82 Å². The van der Waals surface area contributed by atoms with Crippen LogP contribution in [0.1, 0.15) is 0 Å². The van der Waals surface area contributed by atoms with Gasteiger partial charge in [0.15, 0.2) is 11.6 Å². The number of hydrogen-bond donors (Lipinski definition) is 3. The molecular weight excluding hydrogens is 191 g/mol. The number of aromatic amines is 2. The molecule has 2 rings (SSSR count). The second kappa shape index (κ2) is 2.69. The van der Waals surface area contributed by atoms with Crippen LogP contribution in [0.25, 0.3) is 10.9 Å². The van der Waals surface area contributed by atoms with Crippen molar-refractivity contribution in [1.82, 2.24) is 9.97 Å². The first-order valence-corrected chi connectivity index (χ1v) is 3.73. The predicted octanol–water partition coefficient (Wildman–Crippen LogP) is 0.0611. The lowest BCUT2D eigenvalue weighted by Crippen LogP contribution is -2.21. The standard InChI is InChI=1S/C8H5FN2O3/c9-3-1-2-4-5(6(3)12)7(13)11-8(14)10-4/h1-2,12H,(H2,10,11,13,14). The average Bonchev–Trinajstić information content (AvgIpc) is 2.10. The molecular formula is C8H5FN2O3. The van der Waals surface area contributed by atoms with E-state index in [1.807, 2.05) is 4.98 Å². The average molecular weight is 196 g/mol. The molecule has 14 heavy (non-hydrogen) atoms. The molecule has 0 aliphatic heterocycles. The van der Waals surface area contributed by atoms with E-state index in [1.165, 1.54) is 6.07 Å². The summed E-state index contributed by atoms with van der Waals surface area (Å²) in [6.45, 7) is 0. The van der Waals surface area contributed by atoms with Gasteiger partial charge < -0.3 is 10.1 Å². The number of rotatable bonds is 0. The molecule has 0 saturated heterocycles. The third kappa shape index (κ3) is 1.08. The Hall–Kier alpha value is -2.11. The number of benzene rings is 1. The number of H-pyrrole nitrogens is 2. The molecule has 0 saturated carbocycles. The molecule has 0 aliphatic carbocycles. The van der Waals surface area contributed by atoms with E-state index < -0.39 is 22.8 Å². The van der Waals surface area contributed by atoms with Crippen LogP contribution in [0.5, 0.6) is 5.75 Å². The highest BCUT2D eigenvalue weighted by atomic mass is 19.1. The molecule has 5 nitrogen and oxygen atoms in total. The number of fused-ring (bicyclic) bond motifs is 1. The molecule has 6 heteroatoms. The monoisotopic (exact) mass is 196 g/mol. The Kier molecular flexibility index (Phi) is 1.63. The fourth-order valence-electron chi connectivity index (χ4n) is 1.22. The lowest BCUT2D eigenvalue weighted by Gasteiger charge is -1.99. The van der Waals surface area contributed by atoms with E-state index in [1.54, 1.807) is 0 Å². The zero-order valence-electron chi connectivity index (χ0n) is 6.80. The van der Waals surface area contributed by atoms with Crippen molar-refractivity contribution in [2.45, 2.75) is 0 Å². The first kappa shape index (κ1) is 8.49. The molecule has 72 valence electrons. The van der Waals surface area contributed by atoms with Gasteiger partial charge in [0.1, 0.15) is 5.39 Å². The number of halogens is 1. The minimum atomic E-state index is -0.907. The van der Waals surface area contributed by atoms with Crippen molar-refractivity contribution in [2.75, 3.05) is 0 Å². The van der Waals surface area contributed by atoms with Gasteiger partial charge in [-0.2, -0.15) is 0 Å². The van der Waals surface area contributed by atoms with Gasteiger partial charge in [-0.25, -0.2) is 9.18 Å². The van der Waals surface area contributed by atoms with Crippen molar-refractivity contribution in [2.24, 2.45) is 0 Å². The fraction of sp³-hybridized carbons (Fsp3) is 0. The van der Waals surface area contributed by atoms with Crippen LogP contribution < -0.4 is 11.2 Å². The SMILES string of the molecule is O=c1[nH]c(=O)c2c(O)c(F)ccc2[nH]1. The number of aromatic nitrogens is 2. The van der Waals surface area contributed by atoms with Gasteiger partial charge in [-0.1, -0.05) is 0 Å². The van der Waals surface area contributed by atoms with E-state index in [9.17, 15) is 19.1 Å². The fourth-order valence-corrected chi connectivity index (χ4v) is 1.22. The van der Waals surface area contributed by atoms with E-state index in [0.717, 1.165) is 6.07 Å². The van der Waals surface area contributed by atoms with E-state index in [4.69, 9.17) is 0 Å². The number of aromatic hydroxyl groups is 1. The highest BCUT2D eigenvalue weighted by Gasteiger charge is 2.09. The largest absolute Gasteiger partial charge is 0.504 e. The molecule has 0 unspecified atom stereocenters. The van der Waals surface area contributed by atoms with Gasteiger partial charge >= 0.3 is 5.69 Å². The lowest BCUT2D eigenvalue weighted by molar-refractivity contribution is 0.438. The first-order chi connectivity index (χ1) is 6.59. The Morgan fingerprint density at radius 1 is 1.21 bits per heavy atom. The molecule has 2 aromatic rings. The number of hydrogen-bond acceptors (Lipinski definition) is 3. The summed E-state index contributed by atoms with van der Waals surface area (Å²) in [5.41, 5.74) is -1.42. The van der Waals surface area contributed by atoms with Crippen LogP contribution in [0.3, 0.4) is 0 Å². The second-order valence-electron chi connectivity index (χ2n) is 2.73. The summed E-state index contributed by atoms with van der Waals surface area (Å²) in [7, 11) is 0. The van der Waals surface area contributed by atoms with Crippen molar-refractivity contribution in [3.05, 3.63) is 38.8 Å². The molecule has 0 atom stereocenters. The number of nitrogens with one attached hydrogen (secondary N) is 2. The van der Waals surface area contributed by atoms with Crippen LogP contribution in [-0.2, 0) is 0 Å². The summed E-state index contributed by atoms with van der Waals surface area (Å²) in [5, 5.41) is 8.95. The predicted molar refractivity (Wildman–Crippen MR) is 46.8 cm³/mol. The van der Waals surface area contributed by atoms with E-state index >= 15 is 0 Å². The topological polar surface area (TPSA) is 85.9 Å². The van der Waals surface area contributed by atoms with E-state index in [-0.39, 0.29) is 10.9 Å². The van der Waals surface area contributed by atoms with Gasteiger partial charge in [0, 0.05) is 0 Å². The van der Waals surface area contributed by atoms with Gasteiger partial charge in [-0.3, -0.25) is 9.78 Å². The van der Waals surface area contributed by atoms with Gasteiger partial charge in [-0.15, -0.1) is 0 Å². The van der Waals surface area contributed by atoms with E-state index in [0.29, 0.717) is 0 Å². The van der Waals surface area contributed by atoms with Crippen LogP contribution in [0.4, 0.5) is 4.39 Å². The molecule has 0 spiro atoms. The summed E-state index contributed by atoms with van der Waals surface area (Å²) in [6, 6.07) is 2.17. The van der Waals surface area contributed by atoms with Crippen molar-refractivity contribution in [3.63, 3.8) is 0 Å². The van der Waals surface area contributed by atoms with Crippen LogP contribution in [-0.4, -0.2) is 15.1 Å². The van der Waals surface area contributed by atoms with Crippen molar-refractivity contribution in [3.8, 4) is 5.75 Å². The van der Waals surface area contributed by atoms with Gasteiger partial charge in [0.05, 0.1) is 5.52 Å². The quantitative estimate of drug-likeness (QED) is 0.556. The molecule has 0 bridgehead atoms.